The van der Waals surface area contributed by atoms with Gasteiger partial charge in [-0.15, -0.1) is 0 Å². The standard InChI is InChI=1S/C25H27N5O5S/c1-14-4-8-16(9-5-14)30(25(34)22-19(26)20(23(27)32)29-36-22)21(15-6-10-17(31)11-7-15)24(33)28-13-18-3-2-12-35-18/h4-11,18,21,31H,2-3,12-13,26H2,1H3,(H2,27,32)(H,28,33). The van der Waals surface area contributed by atoms with E-state index < -0.39 is 23.8 Å². The highest BCUT2D eigenvalue weighted by molar-refractivity contribution is 7.09. The highest BCUT2D eigenvalue weighted by Gasteiger charge is 2.36. The molecule has 10 nitrogen and oxygen atoms in total. The first-order chi connectivity index (χ1) is 17.3. The van der Waals surface area contributed by atoms with Gasteiger partial charge in [-0.05, 0) is 61.1 Å². The van der Waals surface area contributed by atoms with Gasteiger partial charge < -0.3 is 26.6 Å². The molecule has 0 saturated carbocycles. The lowest BCUT2D eigenvalue weighted by Gasteiger charge is -2.31. The Morgan fingerprint density at radius 2 is 1.89 bits per heavy atom. The molecule has 2 heterocycles. The van der Waals surface area contributed by atoms with E-state index in [0.717, 1.165) is 29.9 Å². The van der Waals surface area contributed by atoms with Gasteiger partial charge in [-0.3, -0.25) is 19.3 Å². The number of carbonyl (C=O) groups excluding carboxylic acids is 3. The summed E-state index contributed by atoms with van der Waals surface area (Å²) in [6.45, 7) is 2.84. The molecule has 0 aliphatic carbocycles. The molecule has 1 aliphatic rings. The maximum absolute atomic E-state index is 13.9. The number of anilines is 2. The molecule has 1 saturated heterocycles. The molecule has 0 bridgehead atoms. The van der Waals surface area contributed by atoms with Crippen molar-refractivity contribution in [2.75, 3.05) is 23.8 Å². The molecule has 2 atom stereocenters. The minimum atomic E-state index is -1.12. The third-order valence-corrected chi connectivity index (χ3v) is 6.78. The number of nitrogens with zero attached hydrogens (tertiary/aromatic N) is 2. The maximum atomic E-state index is 13.9. The predicted molar refractivity (Wildman–Crippen MR) is 136 cm³/mol. The summed E-state index contributed by atoms with van der Waals surface area (Å²) >= 11 is 0.741. The number of aryl methyl sites for hydroxylation is 1. The van der Waals surface area contributed by atoms with E-state index >= 15 is 0 Å². The van der Waals surface area contributed by atoms with Crippen molar-refractivity contribution < 1.29 is 24.2 Å². The lowest BCUT2D eigenvalue weighted by atomic mass is 10.0. The van der Waals surface area contributed by atoms with Crippen molar-refractivity contribution in [1.82, 2.24) is 9.69 Å². The third-order valence-electron chi connectivity index (χ3n) is 5.93. The summed E-state index contributed by atoms with van der Waals surface area (Å²) in [5.74, 6) is -1.90. The van der Waals surface area contributed by atoms with E-state index in [1.807, 2.05) is 19.1 Å². The number of rotatable bonds is 8. The van der Waals surface area contributed by atoms with Gasteiger partial charge in [0.25, 0.3) is 11.8 Å². The van der Waals surface area contributed by atoms with Gasteiger partial charge in [-0.2, -0.15) is 4.37 Å². The van der Waals surface area contributed by atoms with Crippen molar-refractivity contribution in [3.05, 3.63) is 70.2 Å². The second-order valence-corrected chi connectivity index (χ2v) is 9.30. The number of aromatic hydroxyl groups is 1. The van der Waals surface area contributed by atoms with Crippen molar-refractivity contribution in [3.8, 4) is 5.75 Å². The maximum Gasteiger partial charge on any atom is 0.273 e. The Morgan fingerprint density at radius 3 is 2.47 bits per heavy atom. The minimum absolute atomic E-state index is 0.0138. The van der Waals surface area contributed by atoms with Crippen LogP contribution in [0, 0.1) is 6.92 Å². The van der Waals surface area contributed by atoms with Crippen molar-refractivity contribution in [1.29, 1.82) is 0 Å². The van der Waals surface area contributed by atoms with E-state index in [4.69, 9.17) is 16.2 Å². The molecule has 6 N–H and O–H groups in total. The number of primary amides is 1. The molecule has 11 heteroatoms. The monoisotopic (exact) mass is 509 g/mol. The number of nitrogens with one attached hydrogen (secondary N) is 1. The van der Waals surface area contributed by atoms with Gasteiger partial charge in [0, 0.05) is 18.8 Å². The third kappa shape index (κ3) is 5.31. The smallest absolute Gasteiger partial charge is 0.273 e. The summed E-state index contributed by atoms with van der Waals surface area (Å²) in [6, 6.07) is 12.0. The Morgan fingerprint density at radius 1 is 1.19 bits per heavy atom. The molecule has 36 heavy (non-hydrogen) atoms. The zero-order valence-corrected chi connectivity index (χ0v) is 20.5. The SMILES string of the molecule is Cc1ccc(N(C(=O)c2snc(C(N)=O)c2N)C(C(=O)NCC2CCCO2)c2ccc(O)cc2)cc1. The lowest BCUT2D eigenvalue weighted by Crippen LogP contribution is -2.45. The van der Waals surface area contributed by atoms with Gasteiger partial charge in [0.2, 0.25) is 5.91 Å². The van der Waals surface area contributed by atoms with Gasteiger partial charge in [0.1, 0.15) is 16.7 Å². The zero-order valence-electron chi connectivity index (χ0n) is 19.6. The molecule has 4 rings (SSSR count). The van der Waals surface area contributed by atoms with Crippen molar-refractivity contribution in [2.45, 2.75) is 31.9 Å². The van der Waals surface area contributed by atoms with Crippen molar-refractivity contribution in [3.63, 3.8) is 0 Å². The number of aromatic nitrogens is 1. The second-order valence-electron chi connectivity index (χ2n) is 8.52. The number of phenols is 1. The molecule has 3 aromatic rings. The van der Waals surface area contributed by atoms with Gasteiger partial charge in [0.05, 0.1) is 11.8 Å². The Kier molecular flexibility index (Phi) is 7.51. The molecule has 3 amide bonds. The van der Waals surface area contributed by atoms with Gasteiger partial charge >= 0.3 is 0 Å². The molecule has 0 radical (unpaired) electrons. The van der Waals surface area contributed by atoms with Crippen LogP contribution in [0.15, 0.2) is 48.5 Å². The molecular weight excluding hydrogens is 482 g/mol. The van der Waals surface area contributed by atoms with Crippen LogP contribution in [0.25, 0.3) is 0 Å². The summed E-state index contributed by atoms with van der Waals surface area (Å²) in [6.07, 6.45) is 1.65. The number of hydrogen-bond acceptors (Lipinski definition) is 8. The highest BCUT2D eigenvalue weighted by Crippen LogP contribution is 2.34. The first-order valence-electron chi connectivity index (χ1n) is 11.4. The van der Waals surface area contributed by atoms with Crippen molar-refractivity contribution >= 4 is 40.6 Å². The largest absolute Gasteiger partial charge is 0.508 e. The molecular formula is C25H27N5O5S. The number of nitrogen functional groups attached to an aromatic ring is 1. The molecule has 2 aromatic carbocycles. The summed E-state index contributed by atoms with van der Waals surface area (Å²) in [4.78, 5) is 40.6. The number of hydrogen-bond donors (Lipinski definition) is 4. The predicted octanol–water partition coefficient (Wildman–Crippen LogP) is 2.52. The van der Waals surface area contributed by atoms with E-state index in [1.165, 1.54) is 17.0 Å². The Hall–Kier alpha value is -3.96. The van der Waals surface area contributed by atoms with E-state index in [9.17, 15) is 19.5 Å². The van der Waals surface area contributed by atoms with Gasteiger partial charge in [-0.1, -0.05) is 29.8 Å². The molecule has 1 fully saturated rings. The van der Waals surface area contributed by atoms with Crippen LogP contribution in [0.4, 0.5) is 11.4 Å². The molecule has 1 aromatic heterocycles. The summed E-state index contributed by atoms with van der Waals surface area (Å²) in [5, 5.41) is 12.7. The minimum Gasteiger partial charge on any atom is -0.508 e. The van der Waals surface area contributed by atoms with Crippen LogP contribution < -0.4 is 21.7 Å². The fourth-order valence-electron chi connectivity index (χ4n) is 4.02. The summed E-state index contributed by atoms with van der Waals surface area (Å²) in [7, 11) is 0. The molecule has 188 valence electrons. The average Bonchev–Trinajstić information content (AvgIpc) is 3.52. The topological polar surface area (TPSA) is 161 Å². The Labute approximate surface area is 212 Å². The first kappa shape index (κ1) is 25.1. The Bertz CT molecular complexity index is 1250. The van der Waals surface area contributed by atoms with Crippen LogP contribution in [0.2, 0.25) is 0 Å². The van der Waals surface area contributed by atoms with Crippen molar-refractivity contribution in [2.24, 2.45) is 5.73 Å². The van der Waals surface area contributed by atoms with Crippen LogP contribution in [0.3, 0.4) is 0 Å². The van der Waals surface area contributed by atoms with Crippen LogP contribution >= 0.6 is 11.5 Å². The van der Waals surface area contributed by atoms with E-state index in [0.29, 0.717) is 17.9 Å². The first-order valence-corrected chi connectivity index (χ1v) is 12.2. The normalized spacial score (nSPS) is 15.9. The van der Waals surface area contributed by atoms with Gasteiger partial charge in [0.15, 0.2) is 5.69 Å². The fraction of sp³-hybridized carbons (Fsp3) is 0.280. The van der Waals surface area contributed by atoms with Crippen LogP contribution in [0.5, 0.6) is 5.75 Å². The quantitative estimate of drug-likeness (QED) is 0.363. The second kappa shape index (κ2) is 10.8. The van der Waals surface area contributed by atoms with E-state index in [-0.39, 0.29) is 34.7 Å². The van der Waals surface area contributed by atoms with E-state index in [2.05, 4.69) is 9.69 Å². The number of benzene rings is 2. The summed E-state index contributed by atoms with van der Waals surface area (Å²) < 4.78 is 9.57. The molecule has 1 aliphatic heterocycles. The number of carbonyl (C=O) groups is 3. The fourth-order valence-corrected chi connectivity index (χ4v) is 4.76. The Balaban J connectivity index is 1.79. The summed E-state index contributed by atoms with van der Waals surface area (Å²) in [5.41, 5.74) is 12.9. The number of ether oxygens (including phenoxy) is 1. The zero-order chi connectivity index (χ0) is 25.8. The molecule has 0 spiro atoms. The number of nitrogens with two attached hydrogens (primary N) is 2. The lowest BCUT2D eigenvalue weighted by molar-refractivity contribution is -0.123. The van der Waals surface area contributed by atoms with E-state index in [1.54, 1.807) is 24.3 Å². The van der Waals surface area contributed by atoms with Crippen LogP contribution in [-0.4, -0.2) is 46.5 Å². The van der Waals surface area contributed by atoms with Crippen LogP contribution in [-0.2, 0) is 9.53 Å². The van der Waals surface area contributed by atoms with Crippen LogP contribution in [0.1, 0.15) is 50.2 Å². The number of phenolic OH excluding ortho intramolecular Hbond substituents is 1. The average molecular weight is 510 g/mol. The van der Waals surface area contributed by atoms with Gasteiger partial charge in [-0.25, -0.2) is 0 Å². The number of amides is 3. The molecule has 2 unspecified atom stereocenters. The highest BCUT2D eigenvalue weighted by atomic mass is 32.1.